The van der Waals surface area contributed by atoms with Crippen molar-refractivity contribution in [3.8, 4) is 0 Å². The number of hydrogen-bond donors (Lipinski definition) is 2. The third kappa shape index (κ3) is 2.84. The Bertz CT molecular complexity index is 837. The number of amides is 2. The lowest BCUT2D eigenvalue weighted by Crippen LogP contribution is -2.59. The zero-order chi connectivity index (χ0) is 18.1. The molecule has 136 valence electrons. The van der Waals surface area contributed by atoms with Crippen molar-refractivity contribution in [2.75, 3.05) is 30.8 Å². The van der Waals surface area contributed by atoms with Crippen molar-refractivity contribution in [1.82, 2.24) is 4.90 Å². The molecule has 1 aromatic heterocycles. The summed E-state index contributed by atoms with van der Waals surface area (Å²) in [6.07, 6.45) is 1.09. The van der Waals surface area contributed by atoms with Gasteiger partial charge >= 0.3 is 0 Å². The molecule has 0 unspecified atom stereocenters. The Kier molecular flexibility index (Phi) is 4.16. The smallest absolute Gasteiger partial charge is 0.289 e. The number of ether oxygens (including phenoxy) is 1. The molecule has 1 spiro atoms. The summed E-state index contributed by atoms with van der Waals surface area (Å²) in [6, 6.07) is 11.1. The number of carbonyl (C=O) groups is 2. The lowest BCUT2D eigenvalue weighted by atomic mass is 9.84. The largest absolute Gasteiger partial charge is 0.453 e. The average Bonchev–Trinajstić information content (AvgIpc) is 3.12. The van der Waals surface area contributed by atoms with Crippen LogP contribution in [0.4, 0.5) is 11.4 Å². The second-order valence-corrected chi connectivity index (χ2v) is 6.70. The van der Waals surface area contributed by atoms with Crippen LogP contribution in [-0.2, 0) is 16.1 Å². The van der Waals surface area contributed by atoms with Crippen LogP contribution < -0.4 is 10.6 Å². The van der Waals surface area contributed by atoms with Gasteiger partial charge in [0.15, 0.2) is 5.76 Å². The number of likely N-dealkylation sites (tertiary alicyclic amines) is 1. The monoisotopic (exact) mass is 355 g/mol. The number of piperidine rings is 1. The van der Waals surface area contributed by atoms with Crippen molar-refractivity contribution < 1.29 is 18.7 Å². The van der Waals surface area contributed by atoms with Crippen LogP contribution in [-0.4, -0.2) is 42.5 Å². The van der Waals surface area contributed by atoms with Crippen molar-refractivity contribution in [2.45, 2.75) is 25.0 Å². The number of anilines is 2. The number of hydrogen-bond acceptors (Lipinski definition) is 5. The van der Waals surface area contributed by atoms with E-state index in [1.807, 2.05) is 24.3 Å². The van der Waals surface area contributed by atoms with Gasteiger partial charge in [0.1, 0.15) is 17.9 Å². The molecular formula is C19H21N3O4. The number of nitrogens with one attached hydrogen (secondary N) is 2. The maximum Gasteiger partial charge on any atom is 0.289 e. The maximum atomic E-state index is 12.6. The molecule has 2 aromatic rings. The van der Waals surface area contributed by atoms with Gasteiger partial charge in [0.2, 0.25) is 5.91 Å². The van der Waals surface area contributed by atoms with Crippen LogP contribution >= 0.6 is 0 Å². The van der Waals surface area contributed by atoms with Gasteiger partial charge in [0, 0.05) is 20.2 Å². The van der Waals surface area contributed by atoms with Gasteiger partial charge in [-0.3, -0.25) is 9.59 Å². The molecule has 3 heterocycles. The highest BCUT2D eigenvalue weighted by atomic mass is 16.5. The number of nitrogens with zero attached hydrogens (tertiary/aromatic N) is 1. The van der Waals surface area contributed by atoms with E-state index in [9.17, 15) is 9.59 Å². The van der Waals surface area contributed by atoms with E-state index in [0.717, 1.165) is 11.4 Å². The Morgan fingerprint density at radius 2 is 1.92 bits per heavy atom. The lowest BCUT2D eigenvalue weighted by molar-refractivity contribution is -0.122. The SMILES string of the molecule is COCc1ccc(C(=O)N2CCC3(CC2)Nc2ccccc2NC3=O)o1. The Morgan fingerprint density at radius 1 is 1.19 bits per heavy atom. The average molecular weight is 355 g/mol. The van der Waals surface area contributed by atoms with Crippen LogP contribution in [0.25, 0.3) is 0 Å². The minimum absolute atomic E-state index is 0.0383. The van der Waals surface area contributed by atoms with E-state index in [1.54, 1.807) is 24.1 Å². The van der Waals surface area contributed by atoms with Crippen molar-refractivity contribution in [3.63, 3.8) is 0 Å². The summed E-state index contributed by atoms with van der Waals surface area (Å²) in [5, 5.41) is 6.37. The fraction of sp³-hybridized carbons (Fsp3) is 0.368. The van der Waals surface area contributed by atoms with Crippen LogP contribution in [0.1, 0.15) is 29.2 Å². The summed E-state index contributed by atoms with van der Waals surface area (Å²) < 4.78 is 10.5. The Morgan fingerprint density at radius 3 is 2.65 bits per heavy atom. The quantitative estimate of drug-likeness (QED) is 0.884. The minimum atomic E-state index is -0.671. The van der Waals surface area contributed by atoms with Crippen LogP contribution in [0.3, 0.4) is 0 Å². The van der Waals surface area contributed by atoms with Crippen molar-refractivity contribution >= 4 is 23.2 Å². The van der Waals surface area contributed by atoms with Gasteiger partial charge in [-0.15, -0.1) is 0 Å². The molecule has 2 amide bonds. The first-order valence-corrected chi connectivity index (χ1v) is 8.67. The van der Waals surface area contributed by atoms with Gasteiger partial charge in [0.25, 0.3) is 5.91 Å². The molecular weight excluding hydrogens is 334 g/mol. The van der Waals surface area contributed by atoms with Gasteiger partial charge in [-0.1, -0.05) is 12.1 Å². The predicted octanol–water partition coefficient (Wildman–Crippen LogP) is 2.46. The molecule has 1 aromatic carbocycles. The molecule has 0 bridgehead atoms. The molecule has 2 aliphatic rings. The molecule has 0 saturated carbocycles. The molecule has 26 heavy (non-hydrogen) atoms. The highest BCUT2D eigenvalue weighted by molar-refractivity contribution is 6.06. The van der Waals surface area contributed by atoms with Crippen molar-refractivity contribution in [1.29, 1.82) is 0 Å². The summed E-state index contributed by atoms with van der Waals surface area (Å²) in [5.74, 6) is 0.733. The molecule has 4 rings (SSSR count). The summed E-state index contributed by atoms with van der Waals surface area (Å²) in [5.41, 5.74) is 1.04. The molecule has 0 aliphatic carbocycles. The maximum absolute atomic E-state index is 12.6. The second kappa shape index (κ2) is 6.49. The standard InChI is InChI=1S/C19H21N3O4/c1-25-12-13-6-7-16(26-13)17(23)22-10-8-19(9-11-22)18(24)20-14-4-2-3-5-15(14)21-19/h2-7,21H,8-12H2,1H3,(H,20,24). The van der Waals surface area contributed by atoms with Crippen LogP contribution in [0.5, 0.6) is 0 Å². The Balaban J connectivity index is 1.45. The fourth-order valence-electron chi connectivity index (χ4n) is 3.57. The van der Waals surface area contributed by atoms with Gasteiger partial charge < -0.3 is 24.7 Å². The molecule has 7 heteroatoms. The number of rotatable bonds is 3. The highest BCUT2D eigenvalue weighted by Crippen LogP contribution is 2.36. The molecule has 0 radical (unpaired) electrons. The predicted molar refractivity (Wildman–Crippen MR) is 96.0 cm³/mol. The summed E-state index contributed by atoms with van der Waals surface area (Å²) >= 11 is 0. The summed E-state index contributed by atoms with van der Waals surface area (Å²) in [7, 11) is 1.58. The number of fused-ring (bicyclic) bond motifs is 1. The fourth-order valence-corrected chi connectivity index (χ4v) is 3.57. The molecule has 0 atom stereocenters. The van der Waals surface area contributed by atoms with E-state index in [-0.39, 0.29) is 11.8 Å². The first kappa shape index (κ1) is 16.7. The normalized spacial score (nSPS) is 18.2. The Labute approximate surface area is 151 Å². The number of furan rings is 1. The molecule has 1 fully saturated rings. The van der Waals surface area contributed by atoms with Gasteiger partial charge in [-0.05, 0) is 37.1 Å². The molecule has 7 nitrogen and oxygen atoms in total. The number of para-hydroxylation sites is 2. The molecule has 2 aliphatic heterocycles. The third-order valence-corrected chi connectivity index (χ3v) is 5.05. The van der Waals surface area contributed by atoms with E-state index in [2.05, 4.69) is 10.6 Å². The van der Waals surface area contributed by atoms with Crippen LogP contribution in [0.2, 0.25) is 0 Å². The number of carbonyl (C=O) groups excluding carboxylic acids is 2. The molecule has 2 N–H and O–H groups in total. The Hall–Kier alpha value is -2.80. The van der Waals surface area contributed by atoms with Crippen LogP contribution in [0, 0.1) is 0 Å². The zero-order valence-electron chi connectivity index (χ0n) is 14.6. The van der Waals surface area contributed by atoms with E-state index in [4.69, 9.17) is 9.15 Å². The lowest BCUT2D eigenvalue weighted by Gasteiger charge is -2.44. The van der Waals surface area contributed by atoms with Crippen molar-refractivity contribution in [3.05, 3.63) is 47.9 Å². The van der Waals surface area contributed by atoms with E-state index in [0.29, 0.717) is 44.1 Å². The summed E-state index contributed by atoms with van der Waals surface area (Å²) in [6.45, 7) is 1.31. The first-order valence-electron chi connectivity index (χ1n) is 8.67. The van der Waals surface area contributed by atoms with Crippen molar-refractivity contribution in [2.24, 2.45) is 0 Å². The van der Waals surface area contributed by atoms with Gasteiger partial charge in [-0.2, -0.15) is 0 Å². The van der Waals surface area contributed by atoms with Gasteiger partial charge in [-0.25, -0.2) is 0 Å². The zero-order valence-corrected chi connectivity index (χ0v) is 14.6. The van der Waals surface area contributed by atoms with E-state index in [1.165, 1.54) is 0 Å². The first-order chi connectivity index (χ1) is 12.6. The van der Waals surface area contributed by atoms with Crippen LogP contribution in [0.15, 0.2) is 40.8 Å². The highest BCUT2D eigenvalue weighted by Gasteiger charge is 2.45. The number of benzene rings is 1. The number of methoxy groups -OCH3 is 1. The summed E-state index contributed by atoms with van der Waals surface area (Å²) in [4.78, 5) is 27.0. The third-order valence-electron chi connectivity index (χ3n) is 5.05. The second-order valence-electron chi connectivity index (χ2n) is 6.70. The molecule has 1 saturated heterocycles. The van der Waals surface area contributed by atoms with E-state index >= 15 is 0 Å². The topological polar surface area (TPSA) is 83.8 Å². The van der Waals surface area contributed by atoms with E-state index < -0.39 is 5.54 Å². The van der Waals surface area contributed by atoms with Gasteiger partial charge in [0.05, 0.1) is 11.4 Å². The minimum Gasteiger partial charge on any atom is -0.453 e.